The number of fused-ring (bicyclic) bond motifs is 1. The lowest BCUT2D eigenvalue weighted by atomic mass is 10.0. The highest BCUT2D eigenvalue weighted by molar-refractivity contribution is 6.31. The van der Waals surface area contributed by atoms with E-state index in [1.54, 1.807) is 60.8 Å². The number of carboxylic acid groups (broad SMARTS) is 1. The Morgan fingerprint density at radius 3 is 2.35 bits per heavy atom. The largest absolute Gasteiger partial charge is 0.478 e. The van der Waals surface area contributed by atoms with Crippen LogP contribution < -0.4 is 10.1 Å². The van der Waals surface area contributed by atoms with Crippen LogP contribution in [0.5, 0.6) is 11.6 Å². The second kappa shape index (κ2) is 16.2. The van der Waals surface area contributed by atoms with Crippen molar-refractivity contribution in [1.29, 1.82) is 5.26 Å². The summed E-state index contributed by atoms with van der Waals surface area (Å²) in [5.41, 5.74) is 5.62. The van der Waals surface area contributed by atoms with Gasteiger partial charge in [0.25, 0.3) is 5.91 Å². The van der Waals surface area contributed by atoms with Crippen molar-refractivity contribution < 1.29 is 25.2 Å². The zero-order valence-corrected chi connectivity index (χ0v) is 28.0. The van der Waals surface area contributed by atoms with E-state index < -0.39 is 5.97 Å². The Bertz CT molecular complexity index is 2440. The summed E-state index contributed by atoms with van der Waals surface area (Å²) in [4.78, 5) is 36.9. The van der Waals surface area contributed by atoms with Crippen LogP contribution in [0.4, 0.5) is 4.39 Å². The third-order valence-corrected chi connectivity index (χ3v) is 8.09. The maximum absolute atomic E-state index is 13.0. The van der Waals surface area contributed by atoms with E-state index in [4.69, 9.17) is 26.4 Å². The predicted molar refractivity (Wildman–Crippen MR) is 198 cm³/mol. The lowest BCUT2D eigenvalue weighted by molar-refractivity contribution is 0.0696. The third kappa shape index (κ3) is 8.42. The molecule has 0 saturated carbocycles. The molecule has 0 fully saturated rings. The summed E-state index contributed by atoms with van der Waals surface area (Å²) in [6.45, 7) is 0.281. The molecule has 0 unspecified atom stereocenters. The number of nitrogens with zero attached hydrogens (tertiary/aromatic N) is 4. The molecule has 0 spiro atoms. The topological polar surface area (TPSA) is 138 Å². The first kappa shape index (κ1) is 34.9. The normalized spacial score (nSPS) is 10.4. The summed E-state index contributed by atoms with van der Waals surface area (Å²) in [5, 5.41) is 22.6. The molecule has 0 aliphatic heterocycles. The van der Waals surface area contributed by atoms with Crippen molar-refractivity contribution in [2.75, 3.05) is 0 Å². The second-order valence-electron chi connectivity index (χ2n) is 11.2. The van der Waals surface area contributed by atoms with Gasteiger partial charge in [0.2, 0.25) is 5.88 Å². The van der Waals surface area contributed by atoms with Gasteiger partial charge in [-0.25, -0.2) is 19.2 Å². The number of benzene rings is 4. The number of hydrogen-bond donors (Lipinski definition) is 2. The minimum atomic E-state index is -0.966. The van der Waals surface area contributed by atoms with E-state index in [9.17, 15) is 19.2 Å². The molecule has 4 aromatic carbocycles. The summed E-state index contributed by atoms with van der Waals surface area (Å²) in [7, 11) is 0. The summed E-state index contributed by atoms with van der Waals surface area (Å²) < 4.78 is 18.6. The van der Waals surface area contributed by atoms with Crippen LogP contribution in [0.3, 0.4) is 0 Å². The Morgan fingerprint density at radius 2 is 1.60 bits per heavy atom. The minimum absolute atomic E-state index is 0. The lowest BCUT2D eigenvalue weighted by Crippen LogP contribution is -2.23. The lowest BCUT2D eigenvalue weighted by Gasteiger charge is -2.11. The maximum Gasteiger partial charge on any atom is 0.335 e. The van der Waals surface area contributed by atoms with Gasteiger partial charge in [-0.05, 0) is 84.4 Å². The van der Waals surface area contributed by atoms with Gasteiger partial charge in [-0.3, -0.25) is 9.78 Å². The summed E-state index contributed by atoms with van der Waals surface area (Å²) in [5.74, 6) is -1.14. The van der Waals surface area contributed by atoms with Crippen molar-refractivity contribution in [3.63, 3.8) is 0 Å². The molecule has 52 heavy (non-hydrogen) atoms. The molecule has 0 bridgehead atoms. The number of hydrogen-bond acceptors (Lipinski definition) is 7. The number of rotatable bonds is 8. The van der Waals surface area contributed by atoms with Gasteiger partial charge in [-0.15, -0.1) is 0 Å². The number of nitrogens with one attached hydrogen (secondary N) is 1. The van der Waals surface area contributed by atoms with Crippen LogP contribution in [0.25, 0.3) is 33.4 Å². The van der Waals surface area contributed by atoms with Crippen molar-refractivity contribution in [1.82, 2.24) is 20.3 Å². The maximum atomic E-state index is 13.0. The predicted octanol–water partition coefficient (Wildman–Crippen LogP) is 9.38. The van der Waals surface area contributed by atoms with Gasteiger partial charge in [-0.2, -0.15) is 5.26 Å². The minimum Gasteiger partial charge on any atom is -0.478 e. The van der Waals surface area contributed by atoms with Crippen LogP contribution in [0.2, 0.25) is 5.02 Å². The number of amides is 1. The Morgan fingerprint density at radius 1 is 0.846 bits per heavy atom. The molecule has 3 heterocycles. The van der Waals surface area contributed by atoms with Crippen molar-refractivity contribution in [3.8, 4) is 40.2 Å². The first-order chi connectivity index (χ1) is 25.3. The number of carbonyl (C=O) groups excluding carboxylic acids is 1. The first-order valence-electron chi connectivity index (χ1n) is 15.8. The van der Waals surface area contributed by atoms with E-state index in [0.717, 1.165) is 27.6 Å². The quantitative estimate of drug-likeness (QED) is 0.159. The van der Waals surface area contributed by atoms with Crippen LogP contribution in [0.15, 0.2) is 140 Å². The monoisotopic (exact) mass is 709 g/mol. The molecule has 7 aromatic rings. The summed E-state index contributed by atoms with van der Waals surface area (Å²) in [6, 6.07) is 37.7. The molecule has 1 amide bonds. The van der Waals surface area contributed by atoms with E-state index in [1.165, 1.54) is 30.5 Å². The molecule has 0 aliphatic carbocycles. The standard InChI is InChI=1S/C22H13N3O2.C19H14ClFN2O2.H2/c23-13-14-3-1-4-17(11-14)21-20-18(5-2-10-24-20)12-19(25-21)15-6-8-16(9-7-15)22(26)27;20-17-6-2-1-4-13(17)12-23-18(24)16-5-3-11-22-19(16)25-15-9-7-14(21)8-10-15;/h1-12H,(H,26,27);1-11H,12H2,(H,23,24);1H. The van der Waals surface area contributed by atoms with Gasteiger partial charge in [-0.1, -0.05) is 60.1 Å². The molecule has 0 atom stereocenters. The van der Waals surface area contributed by atoms with Gasteiger partial charge in [0.15, 0.2) is 0 Å². The fourth-order valence-electron chi connectivity index (χ4n) is 5.13. The Balaban J connectivity index is 0.000000201. The number of halogens is 2. The van der Waals surface area contributed by atoms with Gasteiger partial charge < -0.3 is 15.2 Å². The van der Waals surface area contributed by atoms with Gasteiger partial charge in [0, 0.05) is 41.9 Å². The molecule has 0 radical (unpaired) electrons. The summed E-state index contributed by atoms with van der Waals surface area (Å²) in [6.07, 6.45) is 3.23. The zero-order valence-electron chi connectivity index (χ0n) is 27.2. The van der Waals surface area contributed by atoms with Gasteiger partial charge >= 0.3 is 5.97 Å². The highest BCUT2D eigenvalue weighted by Gasteiger charge is 2.15. The Kier molecular flexibility index (Phi) is 10.8. The molecule has 0 saturated heterocycles. The molecular formula is C41H29ClFN5O4. The molecule has 11 heteroatoms. The van der Waals surface area contributed by atoms with Crippen LogP contribution in [-0.4, -0.2) is 31.9 Å². The van der Waals surface area contributed by atoms with Gasteiger partial charge in [0.05, 0.1) is 34.1 Å². The van der Waals surface area contributed by atoms with Crippen molar-refractivity contribution in [2.24, 2.45) is 0 Å². The van der Waals surface area contributed by atoms with E-state index >= 15 is 0 Å². The number of ether oxygens (including phenoxy) is 1. The molecule has 3 aromatic heterocycles. The van der Waals surface area contributed by atoms with E-state index in [0.29, 0.717) is 27.7 Å². The fourth-order valence-corrected chi connectivity index (χ4v) is 5.33. The van der Waals surface area contributed by atoms with Crippen LogP contribution >= 0.6 is 11.6 Å². The van der Waals surface area contributed by atoms with Crippen molar-refractivity contribution >= 4 is 34.4 Å². The zero-order chi connectivity index (χ0) is 36.5. The van der Waals surface area contributed by atoms with Crippen LogP contribution in [-0.2, 0) is 6.54 Å². The fraction of sp³-hybridized carbons (Fsp3) is 0.0244. The molecule has 0 aliphatic rings. The molecule has 256 valence electrons. The van der Waals surface area contributed by atoms with Crippen molar-refractivity contribution in [3.05, 3.63) is 173 Å². The van der Waals surface area contributed by atoms with Gasteiger partial charge in [0.1, 0.15) is 17.1 Å². The first-order valence-corrected chi connectivity index (χ1v) is 16.2. The van der Waals surface area contributed by atoms with E-state index in [1.807, 2.05) is 48.5 Å². The molecular weight excluding hydrogens is 681 g/mol. The third-order valence-electron chi connectivity index (χ3n) is 7.72. The average Bonchev–Trinajstić information content (AvgIpc) is 3.18. The van der Waals surface area contributed by atoms with Crippen LogP contribution in [0.1, 0.15) is 33.3 Å². The van der Waals surface area contributed by atoms with Crippen molar-refractivity contribution in [2.45, 2.75) is 6.54 Å². The van der Waals surface area contributed by atoms with Crippen LogP contribution in [0, 0.1) is 17.1 Å². The summed E-state index contributed by atoms with van der Waals surface area (Å²) >= 11 is 6.09. The molecule has 7 rings (SSSR count). The number of pyridine rings is 3. The number of aromatic nitrogens is 3. The smallest absolute Gasteiger partial charge is 0.335 e. The highest BCUT2D eigenvalue weighted by atomic mass is 35.5. The number of nitriles is 1. The Labute approximate surface area is 304 Å². The van der Waals surface area contributed by atoms with E-state index in [2.05, 4.69) is 21.4 Å². The average molecular weight is 710 g/mol. The number of carboxylic acids is 1. The highest BCUT2D eigenvalue weighted by Crippen LogP contribution is 2.31. The second-order valence-corrected chi connectivity index (χ2v) is 11.6. The molecule has 9 nitrogen and oxygen atoms in total. The molecule has 2 N–H and O–H groups in total. The van der Waals surface area contributed by atoms with E-state index in [-0.39, 0.29) is 36.7 Å². The Hall–Kier alpha value is -6.96. The SMILES string of the molecule is N#Cc1cccc(-c2nc(-c3ccc(C(=O)O)cc3)cc3cccnc23)c1.O=C(NCc1ccccc1Cl)c1cccnc1Oc1ccc(F)cc1.[HH]. The number of aromatic carboxylic acids is 1. The number of carbonyl (C=O) groups is 2.